The first-order valence-electron chi connectivity index (χ1n) is 8.19. The maximum atomic E-state index is 12.6. The molecular weight excluding hydrogens is 356 g/mol. The van der Waals surface area contributed by atoms with Gasteiger partial charge in [0.15, 0.2) is 0 Å². The van der Waals surface area contributed by atoms with Gasteiger partial charge in [0.2, 0.25) is 0 Å². The predicted octanol–water partition coefficient (Wildman–Crippen LogP) is 3.84. The van der Waals surface area contributed by atoms with Crippen molar-refractivity contribution in [3.63, 3.8) is 0 Å². The number of aromatic nitrogens is 1. The number of aryl methyl sites for hydroxylation is 2. The monoisotopic (exact) mass is 376 g/mol. The van der Waals surface area contributed by atoms with Gasteiger partial charge in [-0.25, -0.2) is 8.42 Å². The highest BCUT2D eigenvalue weighted by Gasteiger charge is 2.17. The summed E-state index contributed by atoms with van der Waals surface area (Å²) in [7, 11) is -3.69. The molecule has 3 rings (SSSR count). The minimum atomic E-state index is -3.69. The summed E-state index contributed by atoms with van der Waals surface area (Å²) in [5.74, 6) is 0. The summed E-state index contributed by atoms with van der Waals surface area (Å²) in [6, 6.07) is 12.1. The van der Waals surface area contributed by atoms with E-state index >= 15 is 0 Å². The molecule has 0 aliphatic heterocycles. The van der Waals surface area contributed by atoms with Crippen molar-refractivity contribution in [2.75, 3.05) is 4.72 Å². The smallest absolute Gasteiger partial charge is 0.299 e. The molecule has 1 N–H and O–H groups in total. The lowest BCUT2D eigenvalue weighted by molar-refractivity contribution is 0.601. The van der Waals surface area contributed by atoms with Crippen LogP contribution in [0.4, 0.5) is 5.69 Å². The molecule has 1 aromatic heterocycles. The van der Waals surface area contributed by atoms with Crippen LogP contribution in [-0.2, 0) is 23.0 Å². The van der Waals surface area contributed by atoms with E-state index in [0.29, 0.717) is 16.9 Å². The summed E-state index contributed by atoms with van der Waals surface area (Å²) in [6.45, 7) is 4.68. The van der Waals surface area contributed by atoms with Crippen LogP contribution in [0.15, 0.2) is 52.2 Å². The standard InChI is InChI=1S/C18H20N2O3S2/c1-3-11-20-16-10-9-15(12-17(16)24-18(20)21)25(22,23)19-14-7-5-13(4-2)6-8-14/h5-10,12,19H,3-4,11H2,1-2H3. The first-order valence-corrected chi connectivity index (χ1v) is 10.5. The van der Waals surface area contributed by atoms with Crippen molar-refractivity contribution in [2.24, 2.45) is 0 Å². The van der Waals surface area contributed by atoms with Crippen LogP contribution in [0.5, 0.6) is 0 Å². The number of fused-ring (bicyclic) bond motifs is 1. The fraction of sp³-hybridized carbons (Fsp3) is 0.278. The summed E-state index contributed by atoms with van der Waals surface area (Å²) in [5.41, 5.74) is 2.45. The average molecular weight is 377 g/mol. The van der Waals surface area contributed by atoms with E-state index in [1.807, 2.05) is 26.0 Å². The molecular formula is C18H20N2O3S2. The highest BCUT2D eigenvalue weighted by Crippen LogP contribution is 2.24. The molecule has 0 amide bonds. The van der Waals surface area contributed by atoms with Crippen molar-refractivity contribution in [2.45, 2.75) is 38.1 Å². The van der Waals surface area contributed by atoms with E-state index in [4.69, 9.17) is 0 Å². The summed E-state index contributed by atoms with van der Waals surface area (Å²) in [6.07, 6.45) is 1.75. The van der Waals surface area contributed by atoms with E-state index in [-0.39, 0.29) is 9.77 Å². The van der Waals surface area contributed by atoms with Gasteiger partial charge in [0.25, 0.3) is 10.0 Å². The Morgan fingerprint density at radius 1 is 1.08 bits per heavy atom. The van der Waals surface area contributed by atoms with Crippen molar-refractivity contribution in [3.05, 3.63) is 57.7 Å². The first kappa shape index (κ1) is 17.7. The minimum Gasteiger partial charge on any atom is -0.299 e. The number of rotatable bonds is 6. The fourth-order valence-corrected chi connectivity index (χ4v) is 4.79. The van der Waals surface area contributed by atoms with E-state index in [2.05, 4.69) is 4.72 Å². The number of hydrogen-bond donors (Lipinski definition) is 1. The van der Waals surface area contributed by atoms with Gasteiger partial charge in [-0.05, 0) is 48.7 Å². The minimum absolute atomic E-state index is 0.0606. The number of anilines is 1. The van der Waals surface area contributed by atoms with Crippen LogP contribution in [0.3, 0.4) is 0 Å². The molecule has 7 heteroatoms. The number of hydrogen-bond acceptors (Lipinski definition) is 4. The van der Waals surface area contributed by atoms with Crippen LogP contribution < -0.4 is 9.60 Å². The Bertz CT molecular complexity index is 1050. The van der Waals surface area contributed by atoms with Gasteiger partial charge in [0, 0.05) is 12.2 Å². The van der Waals surface area contributed by atoms with Crippen LogP contribution in [0.25, 0.3) is 10.2 Å². The van der Waals surface area contributed by atoms with Crippen molar-refractivity contribution < 1.29 is 8.42 Å². The van der Waals surface area contributed by atoms with E-state index in [9.17, 15) is 13.2 Å². The first-order chi connectivity index (χ1) is 11.9. The van der Waals surface area contributed by atoms with E-state index < -0.39 is 10.0 Å². The van der Waals surface area contributed by atoms with E-state index in [1.54, 1.807) is 34.9 Å². The Kier molecular flexibility index (Phi) is 4.96. The van der Waals surface area contributed by atoms with Gasteiger partial charge in [0.1, 0.15) is 0 Å². The van der Waals surface area contributed by atoms with Crippen molar-refractivity contribution in [1.82, 2.24) is 4.57 Å². The predicted molar refractivity (Wildman–Crippen MR) is 103 cm³/mol. The van der Waals surface area contributed by atoms with Gasteiger partial charge in [0.05, 0.1) is 15.1 Å². The van der Waals surface area contributed by atoms with Crippen LogP contribution in [0.2, 0.25) is 0 Å². The molecule has 132 valence electrons. The molecule has 0 saturated heterocycles. The zero-order valence-corrected chi connectivity index (χ0v) is 15.8. The molecule has 2 aromatic carbocycles. The fourth-order valence-electron chi connectivity index (χ4n) is 2.67. The van der Waals surface area contributed by atoms with Crippen LogP contribution in [0, 0.1) is 0 Å². The zero-order valence-electron chi connectivity index (χ0n) is 14.2. The molecule has 0 aliphatic carbocycles. The molecule has 0 atom stereocenters. The Balaban J connectivity index is 1.95. The highest BCUT2D eigenvalue weighted by atomic mass is 32.2. The molecule has 0 radical (unpaired) electrons. The second-order valence-corrected chi connectivity index (χ2v) is 8.48. The number of benzene rings is 2. The Labute approximate surface area is 151 Å². The largest absolute Gasteiger partial charge is 0.308 e. The molecule has 0 bridgehead atoms. The van der Waals surface area contributed by atoms with Gasteiger partial charge in [-0.3, -0.25) is 14.1 Å². The zero-order chi connectivity index (χ0) is 18.0. The number of sulfonamides is 1. The number of nitrogens with one attached hydrogen (secondary N) is 1. The van der Waals surface area contributed by atoms with Gasteiger partial charge < -0.3 is 0 Å². The Morgan fingerprint density at radius 3 is 2.44 bits per heavy atom. The molecule has 5 nitrogen and oxygen atoms in total. The molecule has 0 fully saturated rings. The maximum Gasteiger partial charge on any atom is 0.308 e. The second kappa shape index (κ2) is 7.01. The van der Waals surface area contributed by atoms with Gasteiger partial charge in [-0.2, -0.15) is 0 Å². The molecule has 0 unspecified atom stereocenters. The summed E-state index contributed by atoms with van der Waals surface area (Å²) >= 11 is 1.08. The third-order valence-corrected chi connectivity index (χ3v) is 6.33. The van der Waals surface area contributed by atoms with E-state index in [1.165, 1.54) is 0 Å². The normalized spacial score (nSPS) is 11.8. The summed E-state index contributed by atoms with van der Waals surface area (Å²) in [5, 5.41) is 0. The lowest BCUT2D eigenvalue weighted by Gasteiger charge is -2.09. The topological polar surface area (TPSA) is 68.2 Å². The molecule has 25 heavy (non-hydrogen) atoms. The SMILES string of the molecule is CCCn1c(=O)sc2cc(S(=O)(=O)Nc3ccc(CC)cc3)ccc21. The third-order valence-electron chi connectivity index (χ3n) is 4.01. The van der Waals surface area contributed by atoms with Gasteiger partial charge in [-0.1, -0.05) is 37.3 Å². The van der Waals surface area contributed by atoms with Crippen LogP contribution in [0.1, 0.15) is 25.8 Å². The van der Waals surface area contributed by atoms with Crippen molar-refractivity contribution in [1.29, 1.82) is 0 Å². The molecule has 1 heterocycles. The summed E-state index contributed by atoms with van der Waals surface area (Å²) < 4.78 is 30.2. The van der Waals surface area contributed by atoms with Gasteiger partial charge >= 0.3 is 4.87 Å². The van der Waals surface area contributed by atoms with Crippen LogP contribution in [-0.4, -0.2) is 13.0 Å². The average Bonchev–Trinajstić information content (AvgIpc) is 2.90. The Hall–Kier alpha value is -2.12. The number of nitrogens with zero attached hydrogens (tertiary/aromatic N) is 1. The lowest BCUT2D eigenvalue weighted by Crippen LogP contribution is -2.13. The summed E-state index contributed by atoms with van der Waals surface area (Å²) in [4.78, 5) is 12.2. The third kappa shape index (κ3) is 3.62. The quantitative estimate of drug-likeness (QED) is 0.711. The molecule has 0 spiro atoms. The molecule has 0 aliphatic rings. The highest BCUT2D eigenvalue weighted by molar-refractivity contribution is 7.92. The van der Waals surface area contributed by atoms with Crippen molar-refractivity contribution >= 4 is 37.3 Å². The van der Waals surface area contributed by atoms with Gasteiger partial charge in [-0.15, -0.1) is 0 Å². The van der Waals surface area contributed by atoms with Crippen LogP contribution >= 0.6 is 11.3 Å². The number of thiazole rings is 1. The van der Waals surface area contributed by atoms with Crippen molar-refractivity contribution in [3.8, 4) is 0 Å². The lowest BCUT2D eigenvalue weighted by atomic mass is 10.2. The molecule has 0 saturated carbocycles. The maximum absolute atomic E-state index is 12.6. The Morgan fingerprint density at radius 2 is 1.80 bits per heavy atom. The van der Waals surface area contributed by atoms with E-state index in [0.717, 1.165) is 35.3 Å². The molecule has 3 aromatic rings. The second-order valence-electron chi connectivity index (χ2n) is 5.81.